The summed E-state index contributed by atoms with van der Waals surface area (Å²) in [5.41, 5.74) is 1.18. The number of amides is 3. The maximum atomic E-state index is 11.7. The molecule has 2 rings (SSSR count). The molecule has 0 unspecified atom stereocenters. The Bertz CT molecular complexity index is 712. The molecule has 0 radical (unpaired) electrons. The fourth-order valence-corrected chi connectivity index (χ4v) is 1.94. The van der Waals surface area contributed by atoms with E-state index in [9.17, 15) is 14.4 Å². The van der Waals surface area contributed by atoms with Crippen molar-refractivity contribution >= 4 is 23.4 Å². The number of hydrogen-bond acceptors (Lipinski definition) is 4. The van der Waals surface area contributed by atoms with E-state index in [4.69, 9.17) is 4.74 Å². The van der Waals surface area contributed by atoms with Gasteiger partial charge in [0, 0.05) is 17.7 Å². The van der Waals surface area contributed by atoms with Crippen LogP contribution in [-0.4, -0.2) is 24.3 Å². The van der Waals surface area contributed by atoms with Crippen LogP contribution in [-0.2, 0) is 4.79 Å². The number of anilines is 1. The molecule has 0 saturated carbocycles. The molecule has 0 aliphatic heterocycles. The molecule has 0 heterocycles. The SMILES string of the molecule is CCC(=O)c1ccc(OCC(=O)NC(=O)Nc2ccccc2)cc1. The molecule has 2 N–H and O–H groups in total. The topological polar surface area (TPSA) is 84.5 Å². The molecular weight excluding hydrogens is 308 g/mol. The standard InChI is InChI=1S/C18H18N2O4/c1-2-16(21)13-8-10-15(11-9-13)24-12-17(22)20-18(23)19-14-6-4-3-5-7-14/h3-11H,2,12H2,1H3,(H2,19,20,22,23). The Morgan fingerprint density at radius 2 is 1.62 bits per heavy atom. The van der Waals surface area contributed by atoms with Crippen LogP contribution < -0.4 is 15.4 Å². The number of imide groups is 1. The average molecular weight is 326 g/mol. The van der Waals surface area contributed by atoms with E-state index in [0.717, 1.165) is 0 Å². The highest BCUT2D eigenvalue weighted by atomic mass is 16.5. The molecule has 0 spiro atoms. The Morgan fingerprint density at radius 1 is 0.958 bits per heavy atom. The van der Waals surface area contributed by atoms with Gasteiger partial charge < -0.3 is 10.1 Å². The van der Waals surface area contributed by atoms with Gasteiger partial charge in [-0.25, -0.2) is 4.79 Å². The number of para-hydroxylation sites is 1. The van der Waals surface area contributed by atoms with Crippen LogP contribution in [0.2, 0.25) is 0 Å². The third-order valence-corrected chi connectivity index (χ3v) is 3.15. The number of nitrogens with one attached hydrogen (secondary N) is 2. The smallest absolute Gasteiger partial charge is 0.325 e. The predicted molar refractivity (Wildman–Crippen MR) is 90.2 cm³/mol. The minimum Gasteiger partial charge on any atom is -0.484 e. The fourth-order valence-electron chi connectivity index (χ4n) is 1.94. The molecule has 2 aromatic rings. The summed E-state index contributed by atoms with van der Waals surface area (Å²) in [6.07, 6.45) is 0.430. The predicted octanol–water partition coefficient (Wildman–Crippen LogP) is 3.01. The minimum atomic E-state index is -0.626. The highest BCUT2D eigenvalue weighted by Gasteiger charge is 2.09. The van der Waals surface area contributed by atoms with Crippen molar-refractivity contribution in [3.63, 3.8) is 0 Å². The highest BCUT2D eigenvalue weighted by Crippen LogP contribution is 2.13. The zero-order valence-corrected chi connectivity index (χ0v) is 13.2. The van der Waals surface area contributed by atoms with E-state index in [0.29, 0.717) is 23.4 Å². The van der Waals surface area contributed by atoms with E-state index >= 15 is 0 Å². The molecule has 0 aromatic heterocycles. The molecule has 6 heteroatoms. The molecule has 24 heavy (non-hydrogen) atoms. The first-order chi connectivity index (χ1) is 11.6. The quantitative estimate of drug-likeness (QED) is 0.799. The second-order valence-corrected chi connectivity index (χ2v) is 4.96. The largest absolute Gasteiger partial charge is 0.484 e. The number of Topliss-reactive ketones (excluding diaryl/α,β-unsaturated/α-hetero) is 1. The van der Waals surface area contributed by atoms with Gasteiger partial charge in [0.25, 0.3) is 5.91 Å². The van der Waals surface area contributed by atoms with Crippen LogP contribution in [0.25, 0.3) is 0 Å². The first-order valence-electron chi connectivity index (χ1n) is 7.50. The van der Waals surface area contributed by atoms with Crippen LogP contribution in [0.3, 0.4) is 0 Å². The number of hydrogen-bond donors (Lipinski definition) is 2. The second-order valence-electron chi connectivity index (χ2n) is 4.96. The summed E-state index contributed by atoms with van der Waals surface area (Å²) in [5.74, 6) is -0.0877. The summed E-state index contributed by atoms with van der Waals surface area (Å²) in [5, 5.41) is 4.70. The van der Waals surface area contributed by atoms with Crippen molar-refractivity contribution < 1.29 is 19.1 Å². The fraction of sp³-hybridized carbons (Fsp3) is 0.167. The van der Waals surface area contributed by atoms with Gasteiger partial charge in [0.15, 0.2) is 12.4 Å². The Morgan fingerprint density at radius 3 is 2.25 bits per heavy atom. The number of benzene rings is 2. The number of carbonyl (C=O) groups excluding carboxylic acids is 3. The monoisotopic (exact) mass is 326 g/mol. The molecule has 0 aliphatic carbocycles. The minimum absolute atomic E-state index is 0.0388. The van der Waals surface area contributed by atoms with Crippen molar-refractivity contribution in [1.29, 1.82) is 0 Å². The Balaban J connectivity index is 1.78. The van der Waals surface area contributed by atoms with Gasteiger partial charge in [-0.15, -0.1) is 0 Å². The third kappa shape index (κ3) is 5.24. The van der Waals surface area contributed by atoms with Crippen molar-refractivity contribution in [1.82, 2.24) is 5.32 Å². The summed E-state index contributed by atoms with van der Waals surface area (Å²) >= 11 is 0. The molecule has 0 saturated heterocycles. The second kappa shape index (κ2) is 8.47. The van der Waals surface area contributed by atoms with Crippen LogP contribution in [0.15, 0.2) is 54.6 Å². The first-order valence-corrected chi connectivity index (χ1v) is 7.50. The zero-order chi connectivity index (χ0) is 17.4. The molecular formula is C18H18N2O4. The third-order valence-electron chi connectivity index (χ3n) is 3.15. The maximum absolute atomic E-state index is 11.7. The summed E-state index contributed by atoms with van der Waals surface area (Å²) < 4.78 is 5.28. The normalized spacial score (nSPS) is 9.88. The molecule has 2 aromatic carbocycles. The highest BCUT2D eigenvalue weighted by molar-refractivity contribution is 6.01. The Hall–Kier alpha value is -3.15. The van der Waals surface area contributed by atoms with Crippen molar-refractivity contribution in [2.75, 3.05) is 11.9 Å². The molecule has 6 nitrogen and oxygen atoms in total. The van der Waals surface area contributed by atoms with Gasteiger partial charge in [-0.05, 0) is 36.4 Å². The molecule has 0 atom stereocenters. The maximum Gasteiger partial charge on any atom is 0.325 e. The zero-order valence-electron chi connectivity index (χ0n) is 13.2. The lowest BCUT2D eigenvalue weighted by Gasteiger charge is -2.08. The number of rotatable bonds is 6. The lowest BCUT2D eigenvalue weighted by atomic mass is 10.1. The van der Waals surface area contributed by atoms with E-state index in [1.54, 1.807) is 55.5 Å². The number of carbonyl (C=O) groups is 3. The van der Waals surface area contributed by atoms with Gasteiger partial charge in [-0.2, -0.15) is 0 Å². The first kappa shape index (κ1) is 17.2. The number of urea groups is 1. The Kier molecular flexibility index (Phi) is 6.08. The van der Waals surface area contributed by atoms with E-state index in [2.05, 4.69) is 10.6 Å². The van der Waals surface area contributed by atoms with Crippen molar-refractivity contribution in [3.05, 3.63) is 60.2 Å². The average Bonchev–Trinajstić information content (AvgIpc) is 2.60. The van der Waals surface area contributed by atoms with Gasteiger partial charge in [0.2, 0.25) is 0 Å². The summed E-state index contributed by atoms with van der Waals surface area (Å²) in [4.78, 5) is 34.9. The lowest BCUT2D eigenvalue weighted by molar-refractivity contribution is -0.121. The molecule has 0 bridgehead atoms. The lowest BCUT2D eigenvalue weighted by Crippen LogP contribution is -2.37. The Labute approximate surface area is 139 Å². The van der Waals surface area contributed by atoms with E-state index in [-0.39, 0.29) is 12.4 Å². The van der Waals surface area contributed by atoms with E-state index in [1.807, 2.05) is 6.07 Å². The van der Waals surface area contributed by atoms with Crippen LogP contribution in [0.1, 0.15) is 23.7 Å². The van der Waals surface area contributed by atoms with Gasteiger partial charge in [0.05, 0.1) is 0 Å². The van der Waals surface area contributed by atoms with Crippen molar-refractivity contribution in [3.8, 4) is 5.75 Å². The number of ether oxygens (including phenoxy) is 1. The van der Waals surface area contributed by atoms with Crippen LogP contribution in [0.4, 0.5) is 10.5 Å². The molecule has 124 valence electrons. The van der Waals surface area contributed by atoms with Crippen LogP contribution in [0.5, 0.6) is 5.75 Å². The van der Waals surface area contributed by atoms with Crippen LogP contribution >= 0.6 is 0 Å². The molecule has 0 fully saturated rings. The van der Waals surface area contributed by atoms with E-state index in [1.165, 1.54) is 0 Å². The van der Waals surface area contributed by atoms with Crippen LogP contribution in [0, 0.1) is 0 Å². The van der Waals surface area contributed by atoms with Gasteiger partial charge in [-0.3, -0.25) is 14.9 Å². The van der Waals surface area contributed by atoms with Crippen molar-refractivity contribution in [2.24, 2.45) is 0 Å². The summed E-state index contributed by atoms with van der Waals surface area (Å²) in [6, 6.07) is 14.7. The number of ketones is 1. The van der Waals surface area contributed by atoms with Gasteiger partial charge in [0.1, 0.15) is 5.75 Å². The summed E-state index contributed by atoms with van der Waals surface area (Å²) in [6.45, 7) is 1.49. The summed E-state index contributed by atoms with van der Waals surface area (Å²) in [7, 11) is 0. The van der Waals surface area contributed by atoms with Gasteiger partial charge in [-0.1, -0.05) is 25.1 Å². The van der Waals surface area contributed by atoms with Gasteiger partial charge >= 0.3 is 6.03 Å². The van der Waals surface area contributed by atoms with Crippen molar-refractivity contribution in [2.45, 2.75) is 13.3 Å². The molecule has 3 amide bonds. The van der Waals surface area contributed by atoms with E-state index < -0.39 is 11.9 Å². The molecule has 0 aliphatic rings.